The van der Waals surface area contributed by atoms with E-state index in [0.717, 1.165) is 18.4 Å². The van der Waals surface area contributed by atoms with E-state index in [1.807, 2.05) is 0 Å². The van der Waals surface area contributed by atoms with Crippen molar-refractivity contribution in [1.29, 1.82) is 0 Å². The van der Waals surface area contributed by atoms with Crippen LogP contribution in [0.2, 0.25) is 0 Å². The molecular formula is C19H27N5O. The molecule has 1 fully saturated rings. The SMILES string of the molecule is NC1CC(C(=O)NCc2ccc3[nH]c4c(c3c2)CCCCCC4)NN1. The maximum absolute atomic E-state index is 12.2. The number of H-pyrrole nitrogens is 1. The first-order valence-electron chi connectivity index (χ1n) is 9.37. The summed E-state index contributed by atoms with van der Waals surface area (Å²) in [6.45, 7) is 0.544. The fraction of sp³-hybridized carbons (Fsp3) is 0.526. The Hall–Kier alpha value is -1.89. The number of hydrogen-bond donors (Lipinski definition) is 5. The van der Waals surface area contributed by atoms with E-state index in [1.165, 1.54) is 47.8 Å². The highest BCUT2D eigenvalue weighted by Crippen LogP contribution is 2.28. The molecule has 134 valence electrons. The first kappa shape index (κ1) is 16.6. The van der Waals surface area contributed by atoms with Crippen LogP contribution in [0, 0.1) is 0 Å². The third-order valence-corrected chi connectivity index (χ3v) is 5.38. The van der Waals surface area contributed by atoms with Gasteiger partial charge >= 0.3 is 0 Å². The van der Waals surface area contributed by atoms with E-state index in [0.29, 0.717) is 13.0 Å². The highest BCUT2D eigenvalue weighted by Gasteiger charge is 2.26. The molecule has 0 radical (unpaired) electrons. The standard InChI is InChI=1S/C19H27N5O/c20-18-10-17(23-24-18)19(25)21-11-12-7-8-16-14(9-12)13-5-3-1-2-4-6-15(13)22-16/h7-9,17-18,22-24H,1-6,10-11,20H2,(H,21,25). The Morgan fingerprint density at radius 1 is 1.16 bits per heavy atom. The van der Waals surface area contributed by atoms with Crippen molar-refractivity contribution < 1.29 is 4.79 Å². The predicted octanol–water partition coefficient (Wildman–Crippen LogP) is 1.59. The van der Waals surface area contributed by atoms with Crippen LogP contribution in [-0.2, 0) is 24.2 Å². The van der Waals surface area contributed by atoms with E-state index in [9.17, 15) is 4.79 Å². The highest BCUT2D eigenvalue weighted by atomic mass is 16.2. The van der Waals surface area contributed by atoms with Crippen LogP contribution in [0.15, 0.2) is 18.2 Å². The molecule has 6 nitrogen and oxygen atoms in total. The van der Waals surface area contributed by atoms with Gasteiger partial charge in [-0.05, 0) is 48.9 Å². The van der Waals surface area contributed by atoms with Gasteiger partial charge in [0.2, 0.25) is 5.91 Å². The summed E-state index contributed by atoms with van der Waals surface area (Å²) in [4.78, 5) is 15.8. The molecule has 2 heterocycles. The fourth-order valence-electron chi connectivity index (χ4n) is 3.98. The number of aromatic amines is 1. The van der Waals surface area contributed by atoms with Gasteiger partial charge in [0.25, 0.3) is 0 Å². The second-order valence-electron chi connectivity index (χ2n) is 7.28. The van der Waals surface area contributed by atoms with Crippen molar-refractivity contribution in [1.82, 2.24) is 21.2 Å². The minimum Gasteiger partial charge on any atom is -0.358 e. The van der Waals surface area contributed by atoms with Gasteiger partial charge in [0.15, 0.2) is 0 Å². The van der Waals surface area contributed by atoms with Crippen LogP contribution in [-0.4, -0.2) is 23.1 Å². The first-order chi connectivity index (χ1) is 12.2. The summed E-state index contributed by atoms with van der Waals surface area (Å²) in [7, 11) is 0. The number of fused-ring (bicyclic) bond motifs is 3. The number of aromatic nitrogens is 1. The Morgan fingerprint density at radius 2 is 2.00 bits per heavy atom. The summed E-state index contributed by atoms with van der Waals surface area (Å²) in [5.41, 5.74) is 16.8. The summed E-state index contributed by atoms with van der Waals surface area (Å²) in [5.74, 6) is -0.00932. The Kier molecular flexibility index (Phi) is 4.74. The van der Waals surface area contributed by atoms with Crippen LogP contribution < -0.4 is 21.9 Å². The van der Waals surface area contributed by atoms with E-state index < -0.39 is 0 Å². The number of aryl methyl sites for hydroxylation is 2. The molecule has 6 heteroatoms. The zero-order chi connectivity index (χ0) is 17.2. The molecule has 4 rings (SSSR count). The minimum atomic E-state index is -0.258. The largest absolute Gasteiger partial charge is 0.358 e. The highest BCUT2D eigenvalue weighted by molar-refractivity contribution is 5.86. The van der Waals surface area contributed by atoms with Crippen molar-refractivity contribution in [3.63, 3.8) is 0 Å². The number of carbonyl (C=O) groups is 1. The molecular weight excluding hydrogens is 314 g/mol. The van der Waals surface area contributed by atoms with E-state index in [2.05, 4.69) is 39.4 Å². The van der Waals surface area contributed by atoms with Gasteiger partial charge in [-0.2, -0.15) is 0 Å². The summed E-state index contributed by atoms with van der Waals surface area (Å²) < 4.78 is 0. The van der Waals surface area contributed by atoms with Crippen molar-refractivity contribution in [2.75, 3.05) is 0 Å². The van der Waals surface area contributed by atoms with Crippen LogP contribution in [0.5, 0.6) is 0 Å². The Morgan fingerprint density at radius 3 is 2.80 bits per heavy atom. The first-order valence-corrected chi connectivity index (χ1v) is 9.37. The van der Waals surface area contributed by atoms with E-state index in [4.69, 9.17) is 5.73 Å². The van der Waals surface area contributed by atoms with Crippen molar-refractivity contribution in [3.05, 3.63) is 35.0 Å². The molecule has 0 bridgehead atoms. The van der Waals surface area contributed by atoms with Crippen molar-refractivity contribution in [2.24, 2.45) is 5.73 Å². The zero-order valence-corrected chi connectivity index (χ0v) is 14.5. The lowest BCUT2D eigenvalue weighted by molar-refractivity contribution is -0.123. The molecule has 1 aromatic carbocycles. The fourth-order valence-corrected chi connectivity index (χ4v) is 3.98. The molecule has 0 saturated carbocycles. The second-order valence-corrected chi connectivity index (χ2v) is 7.28. The van der Waals surface area contributed by atoms with Crippen molar-refractivity contribution >= 4 is 16.8 Å². The number of nitrogens with two attached hydrogens (primary N) is 1. The molecule has 1 aromatic heterocycles. The van der Waals surface area contributed by atoms with Crippen molar-refractivity contribution in [3.8, 4) is 0 Å². The van der Waals surface area contributed by atoms with Gasteiger partial charge in [0.05, 0.1) is 6.17 Å². The number of nitrogens with one attached hydrogen (secondary N) is 4. The number of carbonyl (C=O) groups excluding carboxylic acids is 1. The number of amides is 1. The molecule has 2 unspecified atom stereocenters. The van der Waals surface area contributed by atoms with Gasteiger partial charge in [-0.3, -0.25) is 4.79 Å². The van der Waals surface area contributed by atoms with Crippen molar-refractivity contribution in [2.45, 2.75) is 63.7 Å². The molecule has 1 aliphatic carbocycles. The van der Waals surface area contributed by atoms with Crippen LogP contribution >= 0.6 is 0 Å². The summed E-state index contributed by atoms with van der Waals surface area (Å²) >= 11 is 0. The molecule has 25 heavy (non-hydrogen) atoms. The second kappa shape index (κ2) is 7.15. The smallest absolute Gasteiger partial charge is 0.238 e. The maximum Gasteiger partial charge on any atom is 0.238 e. The molecule has 6 N–H and O–H groups in total. The third-order valence-electron chi connectivity index (χ3n) is 5.38. The predicted molar refractivity (Wildman–Crippen MR) is 98.7 cm³/mol. The average molecular weight is 341 g/mol. The number of hydrazine groups is 1. The molecule has 1 aliphatic heterocycles. The van der Waals surface area contributed by atoms with Gasteiger partial charge in [0, 0.05) is 29.6 Å². The maximum atomic E-state index is 12.2. The third kappa shape index (κ3) is 3.56. The Balaban J connectivity index is 1.48. The zero-order valence-electron chi connectivity index (χ0n) is 14.5. The lowest BCUT2D eigenvalue weighted by Gasteiger charge is -2.11. The number of hydrogen-bond acceptors (Lipinski definition) is 4. The average Bonchev–Trinajstić information content (AvgIpc) is 3.16. The molecule has 1 saturated heterocycles. The normalized spacial score (nSPS) is 23.9. The Bertz CT molecular complexity index is 769. The van der Waals surface area contributed by atoms with E-state index >= 15 is 0 Å². The molecule has 0 spiro atoms. The molecule has 2 aliphatic rings. The monoisotopic (exact) mass is 341 g/mol. The molecule has 2 aromatic rings. The Labute approximate surface area is 147 Å². The van der Waals surface area contributed by atoms with E-state index in [-0.39, 0.29) is 18.1 Å². The van der Waals surface area contributed by atoms with Gasteiger partial charge in [-0.15, -0.1) is 0 Å². The van der Waals surface area contributed by atoms with Crippen LogP contribution in [0.25, 0.3) is 10.9 Å². The topological polar surface area (TPSA) is 95.0 Å². The quantitative estimate of drug-likeness (QED) is 0.586. The van der Waals surface area contributed by atoms with Gasteiger partial charge < -0.3 is 16.0 Å². The van der Waals surface area contributed by atoms with Crippen LogP contribution in [0.1, 0.15) is 48.9 Å². The van der Waals surface area contributed by atoms with Gasteiger partial charge in [-0.25, -0.2) is 10.9 Å². The molecule has 1 amide bonds. The van der Waals surface area contributed by atoms with E-state index in [1.54, 1.807) is 0 Å². The lowest BCUT2D eigenvalue weighted by Crippen LogP contribution is -2.43. The van der Waals surface area contributed by atoms with Gasteiger partial charge in [-0.1, -0.05) is 18.9 Å². The number of benzene rings is 1. The summed E-state index contributed by atoms with van der Waals surface area (Å²) in [6, 6.07) is 6.22. The van der Waals surface area contributed by atoms with Gasteiger partial charge in [0.1, 0.15) is 6.04 Å². The number of rotatable bonds is 3. The molecule has 2 atom stereocenters. The minimum absolute atomic E-state index is 0.00932. The summed E-state index contributed by atoms with van der Waals surface area (Å²) in [5, 5.41) is 4.34. The summed E-state index contributed by atoms with van der Waals surface area (Å²) in [6.07, 6.45) is 7.95. The van der Waals surface area contributed by atoms with Crippen LogP contribution in [0.3, 0.4) is 0 Å². The lowest BCUT2D eigenvalue weighted by atomic mass is 9.96. The van der Waals surface area contributed by atoms with Crippen LogP contribution in [0.4, 0.5) is 0 Å².